The Bertz CT molecular complexity index is 1740. The molecule has 416 valence electrons. The summed E-state index contributed by atoms with van der Waals surface area (Å²) < 4.78 is 67.1. The van der Waals surface area contributed by atoms with Gasteiger partial charge in [-0.05, 0) is 62.1 Å². The summed E-state index contributed by atoms with van der Waals surface area (Å²) in [4.78, 5) is -0.351. The van der Waals surface area contributed by atoms with Crippen molar-refractivity contribution in [2.24, 2.45) is 0 Å². The van der Waals surface area contributed by atoms with Crippen LogP contribution in [0.15, 0.2) is 46.2 Å². The van der Waals surface area contributed by atoms with Crippen LogP contribution < -0.4 is 21.3 Å². The Labute approximate surface area is 479 Å². The molecule has 0 amide bonds. The zero-order valence-corrected chi connectivity index (χ0v) is 50.5. The van der Waals surface area contributed by atoms with Gasteiger partial charge in [-0.25, -0.2) is 16.8 Å². The molecule has 2 unspecified atom stereocenters. The minimum atomic E-state index is -4.41. The van der Waals surface area contributed by atoms with E-state index in [4.69, 9.17) is 0 Å². The van der Waals surface area contributed by atoms with Gasteiger partial charge in [-0.1, -0.05) is 271 Å². The molecule has 2 atom stereocenters. The molecular weight excluding hydrogens is 977 g/mol. The summed E-state index contributed by atoms with van der Waals surface area (Å²) in [5.74, 6) is 0. The summed E-state index contributed by atoms with van der Waals surface area (Å²) in [6.07, 6.45) is 60.6. The van der Waals surface area contributed by atoms with Crippen LogP contribution in [0.5, 0.6) is 0 Å². The first kappa shape index (κ1) is 67.8. The van der Waals surface area contributed by atoms with Gasteiger partial charge in [-0.15, -0.1) is 0 Å². The van der Waals surface area contributed by atoms with E-state index in [9.17, 15) is 25.9 Å². The van der Waals surface area contributed by atoms with E-state index in [1.807, 2.05) is 0 Å². The first-order chi connectivity index (χ1) is 35.0. The van der Waals surface area contributed by atoms with Gasteiger partial charge >= 0.3 is 37.7 Å². The van der Waals surface area contributed by atoms with Crippen LogP contribution in [-0.2, 0) is 20.2 Å². The molecule has 0 spiro atoms. The van der Waals surface area contributed by atoms with Gasteiger partial charge in [0.2, 0.25) is 0 Å². The van der Waals surface area contributed by atoms with Crippen molar-refractivity contribution in [1.29, 1.82) is 0 Å². The van der Waals surface area contributed by atoms with E-state index in [-0.39, 0.29) is 59.9 Å². The van der Waals surface area contributed by atoms with Crippen molar-refractivity contribution in [3.05, 3.63) is 36.4 Å². The molecule has 2 aromatic rings. The average Bonchev–Trinajstić information content (AvgIpc) is 3.97. The van der Waals surface area contributed by atoms with Crippen LogP contribution in [0.2, 0.25) is 0 Å². The maximum absolute atomic E-state index is 11.2. The van der Waals surface area contributed by atoms with Crippen LogP contribution in [0.3, 0.4) is 0 Å². The summed E-state index contributed by atoms with van der Waals surface area (Å²) >= 11 is 0. The molecule has 0 bridgehead atoms. The maximum atomic E-state index is 11.2. The van der Waals surface area contributed by atoms with Crippen LogP contribution in [0.4, 0.5) is 22.7 Å². The number of nitrogens with one attached hydrogen (secondary N) is 4. The molecule has 0 aliphatic carbocycles. The molecule has 13 heteroatoms. The van der Waals surface area contributed by atoms with Crippen molar-refractivity contribution >= 4 is 80.7 Å². The summed E-state index contributed by atoms with van der Waals surface area (Å²) in [6, 6.07) is 8.95. The molecule has 2 aromatic carbocycles. The second-order valence-corrected chi connectivity index (χ2v) is 24.5. The van der Waals surface area contributed by atoms with Gasteiger partial charge in [0.05, 0.1) is 44.9 Å². The Balaban J connectivity index is 0.000000493. The second kappa shape index (κ2) is 43.7. The van der Waals surface area contributed by atoms with Gasteiger partial charge in [-0.3, -0.25) is 0 Å². The van der Waals surface area contributed by atoms with E-state index in [1.54, 1.807) is 12.1 Å². The van der Waals surface area contributed by atoms with Crippen molar-refractivity contribution in [1.82, 2.24) is 0 Å². The minimum absolute atomic E-state index is 0. The molecule has 2 aliphatic heterocycles. The van der Waals surface area contributed by atoms with Crippen molar-refractivity contribution < 1.29 is 25.9 Å². The maximum Gasteiger partial charge on any atom is 2.00 e. The Morgan fingerprint density at radius 2 is 0.507 bits per heavy atom. The van der Waals surface area contributed by atoms with E-state index in [0.29, 0.717) is 11.4 Å². The number of hydrogen-bond donors (Lipinski definition) is 4. The topological polar surface area (TPSA) is 163 Å². The molecular formula is C60H106CaN4O6S2. The van der Waals surface area contributed by atoms with Gasteiger partial charge in [0.1, 0.15) is 20.2 Å². The number of anilines is 4. The number of hydrogen-bond acceptors (Lipinski definition) is 10. The molecule has 0 saturated heterocycles. The minimum Gasteiger partial charge on any atom is -0.744 e. The van der Waals surface area contributed by atoms with Gasteiger partial charge in [-0.2, -0.15) is 0 Å². The van der Waals surface area contributed by atoms with E-state index in [0.717, 1.165) is 37.1 Å². The number of fused-ring (bicyclic) bond motifs is 2. The monoisotopic (exact) mass is 1080 g/mol. The van der Waals surface area contributed by atoms with Crippen molar-refractivity contribution in [2.45, 2.75) is 318 Å². The summed E-state index contributed by atoms with van der Waals surface area (Å²) in [6.45, 7) is 4.57. The number of benzene rings is 2. The fourth-order valence-electron chi connectivity index (χ4n) is 10.5. The molecule has 73 heavy (non-hydrogen) atoms. The predicted octanol–water partition coefficient (Wildman–Crippen LogP) is 18.3. The summed E-state index contributed by atoms with van der Waals surface area (Å²) in [5.41, 5.74) is 3.16. The van der Waals surface area contributed by atoms with Gasteiger partial charge in [0.25, 0.3) is 0 Å². The summed E-state index contributed by atoms with van der Waals surface area (Å²) in [5, 5.41) is 13.3. The Hall–Kier alpha value is -1.28. The Morgan fingerprint density at radius 3 is 0.712 bits per heavy atom. The first-order valence-corrected chi connectivity index (χ1v) is 33.1. The zero-order valence-electron chi connectivity index (χ0n) is 46.7. The Kier molecular flexibility index (Phi) is 40.6. The van der Waals surface area contributed by atoms with E-state index in [1.165, 1.54) is 281 Å². The third-order valence-corrected chi connectivity index (χ3v) is 16.7. The first-order valence-electron chi connectivity index (χ1n) is 30.3. The SMILES string of the molecule is CCCCCCCCCCCCCCCCCCCCCCCC1Nc2ccc(S(=O)(=O)[O-])cc2N1.CCCCCCCCCCCCCCCCCCCCCCCC1Nc2ccc(S(=O)(=O)[O-])cc2N1.[Ca+2]. The predicted molar refractivity (Wildman–Crippen MR) is 311 cm³/mol. The number of unbranched alkanes of at least 4 members (excludes halogenated alkanes) is 40. The van der Waals surface area contributed by atoms with Crippen molar-refractivity contribution in [2.75, 3.05) is 21.3 Å². The molecule has 4 N–H and O–H groups in total. The van der Waals surface area contributed by atoms with Crippen LogP contribution in [-0.4, -0.2) is 76.0 Å². The van der Waals surface area contributed by atoms with Gasteiger partial charge in [0.15, 0.2) is 0 Å². The molecule has 0 saturated carbocycles. The summed E-state index contributed by atoms with van der Waals surface area (Å²) in [7, 11) is -8.82. The molecule has 0 fully saturated rings. The smallest absolute Gasteiger partial charge is 0.744 e. The van der Waals surface area contributed by atoms with E-state index >= 15 is 0 Å². The molecule has 0 radical (unpaired) electrons. The fraction of sp³-hybridized carbons (Fsp3) is 0.800. The zero-order chi connectivity index (χ0) is 51.8. The van der Waals surface area contributed by atoms with Crippen LogP contribution in [0.1, 0.15) is 296 Å². The van der Waals surface area contributed by atoms with Crippen LogP contribution in [0, 0.1) is 0 Å². The van der Waals surface area contributed by atoms with Crippen molar-refractivity contribution in [3.63, 3.8) is 0 Å². The third-order valence-electron chi connectivity index (χ3n) is 15.1. The standard InChI is InChI=1S/2C30H54N2O3S.Ca/c2*1-2-3-4-5-6-7-8-9-10-11-12-13-14-15-16-17-18-19-20-21-22-23-30-31-28-25-24-27(36(33,34)35)26-29(28)32-30;/h2*24-26,30-32H,2-23H2,1H3,(H,33,34,35);/q;;+2/p-2. The molecule has 0 aromatic heterocycles. The van der Waals surface area contributed by atoms with Crippen molar-refractivity contribution in [3.8, 4) is 0 Å². The van der Waals surface area contributed by atoms with Gasteiger partial charge in [0, 0.05) is 0 Å². The largest absolute Gasteiger partial charge is 2.00 e. The molecule has 10 nitrogen and oxygen atoms in total. The quantitative estimate of drug-likeness (QED) is 0.0285. The average molecular weight is 1080 g/mol. The third kappa shape index (κ3) is 34.3. The molecule has 2 aliphatic rings. The van der Waals surface area contributed by atoms with Crippen LogP contribution in [0.25, 0.3) is 0 Å². The molecule has 2 heterocycles. The van der Waals surface area contributed by atoms with E-state index < -0.39 is 20.2 Å². The normalized spacial score (nSPS) is 14.8. The molecule has 4 rings (SSSR count). The second-order valence-electron chi connectivity index (χ2n) is 21.7. The van der Waals surface area contributed by atoms with Crippen LogP contribution >= 0.6 is 0 Å². The Morgan fingerprint density at radius 1 is 0.315 bits per heavy atom. The fourth-order valence-corrected chi connectivity index (χ4v) is 11.5. The number of rotatable bonds is 46. The van der Waals surface area contributed by atoms with Gasteiger partial charge < -0.3 is 30.4 Å². The van der Waals surface area contributed by atoms with E-state index in [2.05, 4.69) is 35.1 Å².